The molecule has 2 N–H and O–H groups in total. The summed E-state index contributed by atoms with van der Waals surface area (Å²) in [4.78, 5) is 39.5. The Labute approximate surface area is 191 Å². The molecule has 1 aromatic heterocycles. The Hall–Kier alpha value is -2.32. The van der Waals surface area contributed by atoms with Crippen LogP contribution in [0.2, 0.25) is 0 Å². The summed E-state index contributed by atoms with van der Waals surface area (Å²) < 4.78 is 4.83. The van der Waals surface area contributed by atoms with Crippen molar-refractivity contribution in [1.29, 1.82) is 0 Å². The maximum atomic E-state index is 12.8. The molecule has 3 amide bonds. The summed E-state index contributed by atoms with van der Waals surface area (Å²) in [7, 11) is 0. The highest BCUT2D eigenvalue weighted by Gasteiger charge is 2.27. The molecule has 0 bridgehead atoms. The van der Waals surface area contributed by atoms with Gasteiger partial charge in [0.05, 0.1) is 18.6 Å². The standard InChI is InChI=1S/C23H28N2O4S2/c1-4-29-23(28)25-21(27)20-17-7-5-6-8-18(17)31-22(20)24-19(26)13-15-9-11-16(12-10-15)30-14(2)3/h9-12,14H,4-8,13H2,1-3H3,(H,24,26)(H,25,27,28). The first kappa shape index (κ1) is 23.3. The first-order chi connectivity index (χ1) is 14.9. The SMILES string of the molecule is CCOC(=O)NC(=O)c1c(NC(=O)Cc2ccc(SC(C)C)cc2)sc2c1CCCC2. The van der Waals surface area contributed by atoms with Crippen molar-refractivity contribution in [2.75, 3.05) is 11.9 Å². The van der Waals surface area contributed by atoms with E-state index in [9.17, 15) is 14.4 Å². The van der Waals surface area contributed by atoms with E-state index >= 15 is 0 Å². The first-order valence-corrected chi connectivity index (χ1v) is 12.2. The number of alkyl carbamates (subject to hydrolysis) is 1. The zero-order chi connectivity index (χ0) is 22.4. The summed E-state index contributed by atoms with van der Waals surface area (Å²) in [5.74, 6) is -0.712. The molecule has 1 heterocycles. The van der Waals surface area contributed by atoms with Gasteiger partial charge in [0.25, 0.3) is 5.91 Å². The van der Waals surface area contributed by atoms with Crippen LogP contribution in [0, 0.1) is 0 Å². The van der Waals surface area contributed by atoms with Crippen LogP contribution in [0.3, 0.4) is 0 Å². The van der Waals surface area contributed by atoms with Gasteiger partial charge in [0, 0.05) is 15.0 Å². The number of aryl methyl sites for hydroxylation is 1. The van der Waals surface area contributed by atoms with Gasteiger partial charge in [0.2, 0.25) is 5.91 Å². The van der Waals surface area contributed by atoms with Gasteiger partial charge < -0.3 is 10.1 Å². The van der Waals surface area contributed by atoms with Crippen molar-refractivity contribution in [3.63, 3.8) is 0 Å². The number of hydrogen-bond acceptors (Lipinski definition) is 6. The lowest BCUT2D eigenvalue weighted by molar-refractivity contribution is -0.115. The molecular formula is C23H28N2O4S2. The predicted octanol–water partition coefficient (Wildman–Crippen LogP) is 5.19. The predicted molar refractivity (Wildman–Crippen MR) is 125 cm³/mol. The number of amides is 3. The Kier molecular flexibility index (Phi) is 8.15. The third-order valence-corrected chi connectivity index (χ3v) is 7.03. The molecule has 0 spiro atoms. The Morgan fingerprint density at radius 3 is 2.52 bits per heavy atom. The van der Waals surface area contributed by atoms with Crippen LogP contribution in [0.5, 0.6) is 0 Å². The van der Waals surface area contributed by atoms with Gasteiger partial charge in [-0.05, 0) is 55.9 Å². The van der Waals surface area contributed by atoms with Gasteiger partial charge in [0.1, 0.15) is 5.00 Å². The fraction of sp³-hybridized carbons (Fsp3) is 0.435. The molecule has 3 rings (SSSR count). The minimum Gasteiger partial charge on any atom is -0.450 e. The smallest absolute Gasteiger partial charge is 0.414 e. The minimum absolute atomic E-state index is 0.179. The van der Waals surface area contributed by atoms with Crippen molar-refractivity contribution in [2.24, 2.45) is 0 Å². The number of nitrogens with one attached hydrogen (secondary N) is 2. The second-order valence-electron chi connectivity index (χ2n) is 7.63. The van der Waals surface area contributed by atoms with Crippen molar-refractivity contribution < 1.29 is 19.1 Å². The minimum atomic E-state index is -0.778. The zero-order valence-corrected chi connectivity index (χ0v) is 19.7. The van der Waals surface area contributed by atoms with Crippen molar-refractivity contribution in [2.45, 2.75) is 63.0 Å². The van der Waals surface area contributed by atoms with Crippen LogP contribution in [0.4, 0.5) is 9.80 Å². The van der Waals surface area contributed by atoms with E-state index < -0.39 is 12.0 Å². The van der Waals surface area contributed by atoms with Gasteiger partial charge in [0.15, 0.2) is 0 Å². The third kappa shape index (κ3) is 6.33. The number of rotatable bonds is 7. The molecule has 0 atom stereocenters. The van der Waals surface area contributed by atoms with Crippen molar-refractivity contribution in [1.82, 2.24) is 5.32 Å². The zero-order valence-electron chi connectivity index (χ0n) is 18.1. The highest BCUT2D eigenvalue weighted by atomic mass is 32.2. The summed E-state index contributed by atoms with van der Waals surface area (Å²) in [6.45, 7) is 6.14. The molecule has 1 aliphatic rings. The van der Waals surface area contributed by atoms with E-state index in [0.29, 0.717) is 15.8 Å². The molecule has 0 fully saturated rings. The van der Waals surface area contributed by atoms with E-state index in [1.54, 1.807) is 18.7 Å². The third-order valence-electron chi connectivity index (χ3n) is 4.80. The number of imide groups is 1. The van der Waals surface area contributed by atoms with Crippen LogP contribution in [0.15, 0.2) is 29.2 Å². The number of ether oxygens (including phenoxy) is 1. The van der Waals surface area contributed by atoms with Crippen LogP contribution in [-0.2, 0) is 28.8 Å². The Morgan fingerprint density at radius 2 is 1.84 bits per heavy atom. The van der Waals surface area contributed by atoms with Crippen LogP contribution in [-0.4, -0.2) is 29.8 Å². The number of thioether (sulfide) groups is 1. The topological polar surface area (TPSA) is 84.5 Å². The normalized spacial score (nSPS) is 12.9. The lowest BCUT2D eigenvalue weighted by atomic mass is 9.95. The average Bonchev–Trinajstić information content (AvgIpc) is 3.07. The van der Waals surface area contributed by atoms with E-state index in [1.807, 2.05) is 24.3 Å². The van der Waals surface area contributed by atoms with E-state index in [4.69, 9.17) is 4.74 Å². The Morgan fingerprint density at radius 1 is 1.13 bits per heavy atom. The quantitative estimate of drug-likeness (QED) is 0.555. The van der Waals surface area contributed by atoms with Gasteiger partial charge in [-0.2, -0.15) is 0 Å². The number of benzene rings is 1. The highest BCUT2D eigenvalue weighted by molar-refractivity contribution is 7.99. The summed E-state index contributed by atoms with van der Waals surface area (Å²) in [6, 6.07) is 7.96. The number of thiophene rings is 1. The van der Waals surface area contributed by atoms with Gasteiger partial charge in [-0.25, -0.2) is 4.79 Å². The molecule has 0 radical (unpaired) electrons. The average molecular weight is 461 g/mol. The molecule has 0 unspecified atom stereocenters. The maximum absolute atomic E-state index is 12.8. The van der Waals surface area contributed by atoms with E-state index in [2.05, 4.69) is 24.5 Å². The lowest BCUT2D eigenvalue weighted by Crippen LogP contribution is -2.32. The number of carbonyl (C=O) groups excluding carboxylic acids is 3. The molecule has 166 valence electrons. The largest absolute Gasteiger partial charge is 0.450 e. The molecule has 0 saturated heterocycles. The fourth-order valence-corrected chi connectivity index (χ4v) is 5.67. The van der Waals surface area contributed by atoms with Gasteiger partial charge >= 0.3 is 6.09 Å². The van der Waals surface area contributed by atoms with Gasteiger partial charge in [-0.1, -0.05) is 26.0 Å². The lowest BCUT2D eigenvalue weighted by Gasteiger charge is -2.13. The summed E-state index contributed by atoms with van der Waals surface area (Å²) in [5.41, 5.74) is 2.23. The molecule has 8 heteroatoms. The van der Waals surface area contributed by atoms with Gasteiger partial charge in [-0.3, -0.25) is 14.9 Å². The number of hydrogen-bond donors (Lipinski definition) is 2. The molecule has 31 heavy (non-hydrogen) atoms. The highest BCUT2D eigenvalue weighted by Crippen LogP contribution is 2.38. The van der Waals surface area contributed by atoms with Crippen LogP contribution >= 0.6 is 23.1 Å². The first-order valence-electron chi connectivity index (χ1n) is 10.6. The van der Waals surface area contributed by atoms with Crippen molar-refractivity contribution in [3.05, 3.63) is 45.8 Å². The van der Waals surface area contributed by atoms with E-state index in [1.165, 1.54) is 16.2 Å². The van der Waals surface area contributed by atoms with Crippen molar-refractivity contribution >= 4 is 46.0 Å². The maximum Gasteiger partial charge on any atom is 0.414 e. The molecule has 1 aromatic carbocycles. The number of anilines is 1. The van der Waals surface area contributed by atoms with Gasteiger partial charge in [-0.15, -0.1) is 23.1 Å². The second kappa shape index (κ2) is 10.8. The van der Waals surface area contributed by atoms with Crippen LogP contribution in [0.25, 0.3) is 0 Å². The van der Waals surface area contributed by atoms with E-state index in [-0.39, 0.29) is 18.9 Å². The monoisotopic (exact) mass is 460 g/mol. The van der Waals surface area contributed by atoms with Crippen LogP contribution in [0.1, 0.15) is 60.0 Å². The second-order valence-corrected chi connectivity index (χ2v) is 10.4. The number of carbonyl (C=O) groups is 3. The molecule has 2 aromatic rings. The number of fused-ring (bicyclic) bond motifs is 1. The fourth-order valence-electron chi connectivity index (χ4n) is 3.53. The summed E-state index contributed by atoms with van der Waals surface area (Å²) >= 11 is 3.21. The molecular weight excluding hydrogens is 432 g/mol. The summed E-state index contributed by atoms with van der Waals surface area (Å²) in [5, 5.41) is 6.19. The van der Waals surface area contributed by atoms with Crippen molar-refractivity contribution in [3.8, 4) is 0 Å². The van der Waals surface area contributed by atoms with Crippen LogP contribution < -0.4 is 10.6 Å². The van der Waals surface area contributed by atoms with E-state index in [0.717, 1.165) is 41.7 Å². The molecule has 1 aliphatic carbocycles. The molecule has 0 aliphatic heterocycles. The Bertz CT molecular complexity index is 951. The summed E-state index contributed by atoms with van der Waals surface area (Å²) in [6.07, 6.45) is 3.12. The molecule has 6 nitrogen and oxygen atoms in total. The molecule has 0 saturated carbocycles. The Balaban J connectivity index is 1.74.